The zero-order chi connectivity index (χ0) is 19.7. The van der Waals surface area contributed by atoms with E-state index in [1.54, 1.807) is 0 Å². The van der Waals surface area contributed by atoms with Crippen molar-refractivity contribution in [1.29, 1.82) is 0 Å². The molecule has 0 radical (unpaired) electrons. The lowest BCUT2D eigenvalue weighted by Gasteiger charge is -2.44. The highest BCUT2D eigenvalue weighted by Gasteiger charge is 2.40. The highest BCUT2D eigenvalue weighted by Crippen LogP contribution is 2.38. The van der Waals surface area contributed by atoms with Gasteiger partial charge in [0.05, 0.1) is 29.0 Å². The van der Waals surface area contributed by atoms with Crippen molar-refractivity contribution in [2.75, 3.05) is 13.2 Å². The van der Waals surface area contributed by atoms with Gasteiger partial charge < -0.3 is 19.5 Å². The van der Waals surface area contributed by atoms with Crippen LogP contribution < -0.4 is 5.32 Å². The Kier molecular flexibility index (Phi) is 5.20. The molecule has 1 spiro atoms. The highest BCUT2D eigenvalue weighted by atomic mass is 16.5. The summed E-state index contributed by atoms with van der Waals surface area (Å²) in [5, 5.41) is 3.36. The molecule has 2 unspecified atom stereocenters. The number of aromatic nitrogens is 2. The molecule has 2 atom stereocenters. The SMILES string of the molecule is O=C(NC1CCOC2(CCCCC2)C1)N1CCCC1Cn1cnc2ccccc21. The monoisotopic (exact) mass is 396 g/mol. The molecule has 156 valence electrons. The Morgan fingerprint density at radius 1 is 1.17 bits per heavy atom. The van der Waals surface area contributed by atoms with E-state index < -0.39 is 0 Å². The van der Waals surface area contributed by atoms with E-state index in [4.69, 9.17) is 4.74 Å². The molecule has 1 saturated carbocycles. The minimum absolute atomic E-state index is 0.0224. The number of urea groups is 1. The molecular weight excluding hydrogens is 364 g/mol. The first-order chi connectivity index (χ1) is 14.2. The first kappa shape index (κ1) is 18.9. The molecule has 0 bridgehead atoms. The van der Waals surface area contributed by atoms with Gasteiger partial charge in [-0.25, -0.2) is 9.78 Å². The number of para-hydroxylation sites is 2. The Morgan fingerprint density at radius 3 is 2.93 bits per heavy atom. The Morgan fingerprint density at radius 2 is 2.03 bits per heavy atom. The molecule has 3 fully saturated rings. The molecule has 1 aliphatic carbocycles. The summed E-state index contributed by atoms with van der Waals surface area (Å²) in [6.45, 7) is 2.43. The van der Waals surface area contributed by atoms with Gasteiger partial charge in [-0.3, -0.25) is 0 Å². The van der Waals surface area contributed by atoms with Crippen LogP contribution in [0.2, 0.25) is 0 Å². The number of rotatable bonds is 3. The molecule has 6 heteroatoms. The van der Waals surface area contributed by atoms with E-state index in [1.165, 1.54) is 19.3 Å². The zero-order valence-electron chi connectivity index (χ0n) is 17.2. The van der Waals surface area contributed by atoms with E-state index in [-0.39, 0.29) is 23.7 Å². The Hall–Kier alpha value is -2.08. The number of benzene rings is 1. The largest absolute Gasteiger partial charge is 0.375 e. The molecule has 29 heavy (non-hydrogen) atoms. The van der Waals surface area contributed by atoms with E-state index in [9.17, 15) is 4.79 Å². The van der Waals surface area contributed by atoms with Crippen LogP contribution in [0, 0.1) is 0 Å². The fourth-order valence-corrected chi connectivity index (χ4v) is 5.63. The normalized spacial score (nSPS) is 26.8. The van der Waals surface area contributed by atoms with E-state index in [0.717, 1.165) is 69.3 Å². The fraction of sp³-hybridized carbons (Fsp3) is 0.652. The second kappa shape index (κ2) is 7.98. The van der Waals surface area contributed by atoms with Gasteiger partial charge in [0.25, 0.3) is 0 Å². The summed E-state index contributed by atoms with van der Waals surface area (Å²) >= 11 is 0. The van der Waals surface area contributed by atoms with Gasteiger partial charge in [-0.2, -0.15) is 0 Å². The first-order valence-corrected chi connectivity index (χ1v) is 11.3. The van der Waals surface area contributed by atoms with Crippen molar-refractivity contribution in [3.8, 4) is 0 Å². The molecule has 1 aromatic heterocycles. The number of carbonyl (C=O) groups is 1. The molecule has 2 saturated heterocycles. The van der Waals surface area contributed by atoms with Crippen LogP contribution in [-0.4, -0.2) is 51.3 Å². The number of ether oxygens (including phenoxy) is 1. The maximum atomic E-state index is 13.1. The number of nitrogens with zero attached hydrogens (tertiary/aromatic N) is 3. The van der Waals surface area contributed by atoms with Gasteiger partial charge in [0.1, 0.15) is 0 Å². The van der Waals surface area contributed by atoms with Crippen LogP contribution in [0.3, 0.4) is 0 Å². The molecule has 5 rings (SSSR count). The van der Waals surface area contributed by atoms with Gasteiger partial charge >= 0.3 is 6.03 Å². The third-order valence-electron chi connectivity index (χ3n) is 7.16. The van der Waals surface area contributed by atoms with Crippen LogP contribution in [0.15, 0.2) is 30.6 Å². The number of carbonyl (C=O) groups excluding carboxylic acids is 1. The van der Waals surface area contributed by atoms with Crippen LogP contribution in [0.25, 0.3) is 11.0 Å². The van der Waals surface area contributed by atoms with Gasteiger partial charge in [0, 0.05) is 25.7 Å². The fourth-order valence-electron chi connectivity index (χ4n) is 5.63. The number of hydrogen-bond acceptors (Lipinski definition) is 3. The summed E-state index contributed by atoms with van der Waals surface area (Å²) in [5.74, 6) is 0. The second-order valence-corrected chi connectivity index (χ2v) is 9.11. The molecule has 1 N–H and O–H groups in total. The molecule has 3 aliphatic rings. The molecular formula is C23H32N4O2. The number of fused-ring (bicyclic) bond motifs is 1. The van der Waals surface area contributed by atoms with Gasteiger partial charge in [0.2, 0.25) is 0 Å². The number of likely N-dealkylation sites (tertiary alicyclic amines) is 1. The van der Waals surface area contributed by atoms with Crippen molar-refractivity contribution in [3.63, 3.8) is 0 Å². The predicted octanol–water partition coefficient (Wildman–Crippen LogP) is 4.09. The molecule has 6 nitrogen and oxygen atoms in total. The highest BCUT2D eigenvalue weighted by molar-refractivity contribution is 5.76. The number of nitrogens with one attached hydrogen (secondary N) is 1. The maximum Gasteiger partial charge on any atom is 0.317 e. The minimum Gasteiger partial charge on any atom is -0.375 e. The lowest BCUT2D eigenvalue weighted by Crippen LogP contribution is -2.53. The van der Waals surface area contributed by atoms with E-state index in [1.807, 2.05) is 24.5 Å². The number of imidazole rings is 1. The van der Waals surface area contributed by atoms with E-state index in [2.05, 4.69) is 25.8 Å². The second-order valence-electron chi connectivity index (χ2n) is 9.11. The van der Waals surface area contributed by atoms with Crippen molar-refractivity contribution in [2.45, 2.75) is 82.0 Å². The average molecular weight is 397 g/mol. The minimum atomic E-state index is 0.0224. The molecule has 3 heterocycles. The van der Waals surface area contributed by atoms with Gasteiger partial charge in [-0.1, -0.05) is 31.4 Å². The van der Waals surface area contributed by atoms with Crippen LogP contribution in [0.5, 0.6) is 0 Å². The van der Waals surface area contributed by atoms with Crippen molar-refractivity contribution < 1.29 is 9.53 Å². The lowest BCUT2D eigenvalue weighted by atomic mass is 9.78. The average Bonchev–Trinajstić information content (AvgIpc) is 3.36. The first-order valence-electron chi connectivity index (χ1n) is 11.3. The third-order valence-corrected chi connectivity index (χ3v) is 7.16. The van der Waals surface area contributed by atoms with Crippen LogP contribution >= 0.6 is 0 Å². The smallest absolute Gasteiger partial charge is 0.317 e. The summed E-state index contributed by atoms with van der Waals surface area (Å²) in [4.78, 5) is 19.7. The van der Waals surface area contributed by atoms with Crippen LogP contribution in [0.4, 0.5) is 4.79 Å². The van der Waals surface area contributed by atoms with Gasteiger partial charge in [0.15, 0.2) is 0 Å². The zero-order valence-corrected chi connectivity index (χ0v) is 17.2. The Bertz CT molecular complexity index is 852. The number of amides is 2. The standard InChI is InChI=1S/C23H32N4O2/c28-22(25-18-10-14-29-23(15-18)11-4-1-5-12-23)27-13-6-7-19(27)16-26-17-24-20-8-2-3-9-21(20)26/h2-3,8-9,17-19H,1,4-7,10-16H2,(H,25,28). The Balaban J connectivity index is 1.23. The third kappa shape index (κ3) is 3.87. The van der Waals surface area contributed by atoms with Gasteiger partial charge in [-0.05, 0) is 50.7 Å². The topological polar surface area (TPSA) is 59.4 Å². The summed E-state index contributed by atoms with van der Waals surface area (Å²) in [6.07, 6.45) is 12.1. The molecule has 1 aromatic carbocycles. The van der Waals surface area contributed by atoms with Crippen molar-refractivity contribution in [2.24, 2.45) is 0 Å². The number of hydrogen-bond donors (Lipinski definition) is 1. The van der Waals surface area contributed by atoms with E-state index >= 15 is 0 Å². The van der Waals surface area contributed by atoms with E-state index in [0.29, 0.717) is 0 Å². The van der Waals surface area contributed by atoms with Gasteiger partial charge in [-0.15, -0.1) is 0 Å². The molecule has 2 aromatic rings. The van der Waals surface area contributed by atoms with Crippen LogP contribution in [0.1, 0.15) is 57.8 Å². The Labute approximate surface area is 172 Å². The molecule has 2 amide bonds. The predicted molar refractivity (Wildman–Crippen MR) is 113 cm³/mol. The van der Waals surface area contributed by atoms with Crippen molar-refractivity contribution in [1.82, 2.24) is 19.8 Å². The van der Waals surface area contributed by atoms with Crippen LogP contribution in [-0.2, 0) is 11.3 Å². The van der Waals surface area contributed by atoms with Crippen molar-refractivity contribution >= 4 is 17.1 Å². The summed E-state index contributed by atoms with van der Waals surface area (Å²) in [7, 11) is 0. The van der Waals surface area contributed by atoms with Crippen molar-refractivity contribution in [3.05, 3.63) is 30.6 Å². The summed E-state index contributed by atoms with van der Waals surface area (Å²) < 4.78 is 8.39. The summed E-state index contributed by atoms with van der Waals surface area (Å²) in [6, 6.07) is 8.79. The summed E-state index contributed by atoms with van der Waals surface area (Å²) in [5.41, 5.74) is 2.18. The molecule has 2 aliphatic heterocycles. The quantitative estimate of drug-likeness (QED) is 0.850. The maximum absolute atomic E-state index is 13.1. The lowest BCUT2D eigenvalue weighted by molar-refractivity contribution is -0.108.